The number of hydrogen-bond acceptors (Lipinski definition) is 16. The van der Waals surface area contributed by atoms with E-state index >= 15 is 0 Å². The second-order valence-corrected chi connectivity index (χ2v) is 25.1. The molecule has 6 heterocycles. The fourth-order valence-electron chi connectivity index (χ4n) is 11.0. The van der Waals surface area contributed by atoms with Crippen molar-refractivity contribution in [1.82, 2.24) is 25.6 Å². The summed E-state index contributed by atoms with van der Waals surface area (Å²) in [6, 6.07) is 24.9. The van der Waals surface area contributed by atoms with Crippen LogP contribution in [-0.4, -0.2) is 70.0 Å². The van der Waals surface area contributed by atoms with E-state index in [4.69, 9.17) is 89.1 Å². The molecule has 4 aromatic carbocycles. The second kappa shape index (κ2) is 24.7. The fraction of sp³-hybridized carbons (Fsp3) is 0.393. The van der Waals surface area contributed by atoms with Gasteiger partial charge in [-0.05, 0) is 147 Å². The zero-order chi connectivity index (χ0) is 53.9. The average Bonchev–Trinajstić information content (AvgIpc) is 3.81. The molecule has 0 radical (unpaired) electrons. The van der Waals surface area contributed by atoms with E-state index in [0.717, 1.165) is 123 Å². The van der Waals surface area contributed by atoms with E-state index in [1.165, 1.54) is 26.9 Å². The van der Waals surface area contributed by atoms with Crippen LogP contribution in [0.3, 0.4) is 0 Å². The van der Waals surface area contributed by atoms with E-state index in [1.54, 1.807) is 22.7 Å². The highest BCUT2D eigenvalue weighted by atomic mass is 79.9. The molecule has 77 heavy (non-hydrogen) atoms. The molecule has 14 nitrogen and oxygen atoms in total. The molecule has 6 atom stereocenters. The summed E-state index contributed by atoms with van der Waals surface area (Å²) in [6.07, 6.45) is 10.1. The van der Waals surface area contributed by atoms with E-state index in [9.17, 15) is 0 Å². The van der Waals surface area contributed by atoms with Crippen LogP contribution in [0.4, 0.5) is 5.13 Å². The zero-order valence-corrected chi connectivity index (χ0v) is 48.0. The molecule has 0 amide bonds. The van der Waals surface area contributed by atoms with Crippen LogP contribution in [0.1, 0.15) is 97.0 Å². The van der Waals surface area contributed by atoms with Crippen LogP contribution in [0.15, 0.2) is 85.8 Å². The summed E-state index contributed by atoms with van der Waals surface area (Å²) in [5.41, 5.74) is 9.69. The molecule has 4 aliphatic carbocycles. The maximum absolute atomic E-state index is 8.12. The Morgan fingerprint density at radius 2 is 1.16 bits per heavy atom. The van der Waals surface area contributed by atoms with Crippen LogP contribution in [0.2, 0.25) is 20.1 Å². The third kappa shape index (κ3) is 12.6. The quantitative estimate of drug-likeness (QED) is 0.129. The Hall–Kier alpha value is -4.84. The van der Waals surface area contributed by atoms with Crippen molar-refractivity contribution < 1.29 is 37.7 Å². The SMILES string of the molecule is Cc1ccc2nc(Br)sc2c1.Cc1ccc2nc(N3CC4CC3CC4OCc3c(-c4c(Cl)cccc4Cl)noc3C3CC3)sc2c1.Clc1cccc(Cl)c1-c1noc(C2CC2)c1COC1CC2CC1CN2.O=C=O.O=C=O. The lowest BCUT2D eigenvalue weighted by atomic mass is 10.0. The molecule has 21 heteroatoms. The van der Waals surface area contributed by atoms with Crippen LogP contribution in [0.25, 0.3) is 42.9 Å². The maximum Gasteiger partial charge on any atom is 0.373 e. The first-order valence-corrected chi connectivity index (χ1v) is 29.3. The smallest absolute Gasteiger partial charge is 0.373 e. The number of aryl methyl sites for hydroxylation is 2. The molecule has 2 saturated heterocycles. The number of nitrogens with one attached hydrogen (secondary N) is 1. The predicted octanol–water partition coefficient (Wildman–Crippen LogP) is 14.6. The molecule has 6 aliphatic rings. The summed E-state index contributed by atoms with van der Waals surface area (Å²) in [4.78, 5) is 44.2. The van der Waals surface area contributed by atoms with Crippen LogP contribution in [0.5, 0.6) is 0 Å². The lowest BCUT2D eigenvalue weighted by Crippen LogP contribution is -2.38. The molecule has 14 rings (SSSR count). The number of piperidine rings is 2. The van der Waals surface area contributed by atoms with E-state index in [0.29, 0.717) is 75.2 Å². The van der Waals surface area contributed by atoms with Gasteiger partial charge in [0.2, 0.25) is 0 Å². The molecule has 1 N–H and O–H groups in total. The lowest BCUT2D eigenvalue weighted by Gasteiger charge is -2.31. The van der Waals surface area contributed by atoms with Crippen molar-refractivity contribution in [2.45, 2.75) is 115 Å². The van der Waals surface area contributed by atoms with Crippen molar-refractivity contribution in [1.29, 1.82) is 0 Å². The standard InChI is InChI=1S/C27H25Cl2N3O2S.C19H20Cl2N2O2.C8H6BrNS.2CO2/c1-14-5-8-21-23(9-14)35-27(30-21)32-12-16-10-17(32)11-22(16)33-13-18-25(31-34-26(18)15-6-7-15)24-19(28)3-2-4-20(24)29;20-14-2-1-3-15(21)17(14)18-13(19(25-23-18)10-4-5-10)9-24-16-7-12-6-11(16)8-22-12;1-5-2-3-6-7(4-5)11-8(9)10-6;2*2-1-3/h2-5,8-9,15-17,22H,6-7,10-13H2,1H3;1-3,10-12,16,22H,4-9H2;2-4H,1H3;;. The summed E-state index contributed by atoms with van der Waals surface area (Å²) >= 11 is 32.7. The lowest BCUT2D eigenvalue weighted by molar-refractivity contribution is -0.193. The highest BCUT2D eigenvalue weighted by Gasteiger charge is 2.47. The van der Waals surface area contributed by atoms with Crippen molar-refractivity contribution in [2.24, 2.45) is 11.8 Å². The Labute approximate surface area is 480 Å². The summed E-state index contributed by atoms with van der Waals surface area (Å²) in [5.74, 6) is 3.90. The third-order valence-electron chi connectivity index (χ3n) is 14.9. The number of nitrogens with zero attached hydrogens (tertiary/aromatic N) is 5. The van der Waals surface area contributed by atoms with Gasteiger partial charge in [0.1, 0.15) is 22.9 Å². The van der Waals surface area contributed by atoms with Crippen LogP contribution in [-0.2, 0) is 41.9 Å². The minimum atomic E-state index is 0.226. The highest BCUT2D eigenvalue weighted by Crippen LogP contribution is 2.49. The Bertz CT molecular complexity index is 3430. The Morgan fingerprint density at radius 3 is 1.61 bits per heavy atom. The van der Waals surface area contributed by atoms with E-state index in [-0.39, 0.29) is 18.4 Å². The van der Waals surface area contributed by atoms with Gasteiger partial charge in [-0.25, -0.2) is 9.97 Å². The van der Waals surface area contributed by atoms with E-state index in [2.05, 4.69) is 85.6 Å². The number of rotatable bonds is 11. The number of fused-ring (bicyclic) bond motifs is 6. The maximum atomic E-state index is 8.12. The van der Waals surface area contributed by atoms with Gasteiger partial charge >= 0.3 is 12.3 Å². The third-order valence-corrected chi connectivity index (χ3v) is 18.7. The van der Waals surface area contributed by atoms with Crippen LogP contribution < -0.4 is 10.2 Å². The van der Waals surface area contributed by atoms with E-state index in [1.807, 2.05) is 42.5 Å². The summed E-state index contributed by atoms with van der Waals surface area (Å²) < 4.78 is 27.9. The fourth-order valence-corrected chi connectivity index (χ4v) is 14.8. The largest absolute Gasteiger partial charge is 0.373 e. The van der Waals surface area contributed by atoms with Gasteiger partial charge in [-0.2, -0.15) is 19.2 Å². The second-order valence-electron chi connectivity index (χ2n) is 20.1. The Kier molecular flexibility index (Phi) is 17.8. The minimum absolute atomic E-state index is 0.226. The van der Waals surface area contributed by atoms with Crippen molar-refractivity contribution in [3.63, 3.8) is 0 Å². The van der Waals surface area contributed by atoms with Gasteiger partial charge in [-0.3, -0.25) is 0 Å². The number of aromatic nitrogens is 4. The number of carbonyl (C=O) groups excluding carboxylic acids is 4. The number of hydrogen-bond donors (Lipinski definition) is 1. The predicted molar refractivity (Wildman–Crippen MR) is 300 cm³/mol. The first-order chi connectivity index (χ1) is 37.3. The monoisotopic (exact) mass is 1220 g/mol. The summed E-state index contributed by atoms with van der Waals surface area (Å²) in [6.45, 7) is 7.27. The van der Waals surface area contributed by atoms with Gasteiger partial charge in [0.05, 0.1) is 65.9 Å². The highest BCUT2D eigenvalue weighted by molar-refractivity contribution is 9.11. The van der Waals surface area contributed by atoms with Crippen molar-refractivity contribution in [2.75, 3.05) is 18.0 Å². The molecule has 400 valence electrons. The molecule has 0 spiro atoms. The van der Waals surface area contributed by atoms with Crippen molar-refractivity contribution in [3.05, 3.63) is 131 Å². The molecule has 2 aliphatic heterocycles. The number of halogens is 5. The first-order valence-electron chi connectivity index (χ1n) is 25.3. The molecule has 4 saturated carbocycles. The number of benzene rings is 4. The van der Waals surface area contributed by atoms with Crippen LogP contribution in [0, 0.1) is 25.7 Å². The zero-order valence-electron chi connectivity index (χ0n) is 41.7. The first kappa shape index (κ1) is 55.5. The summed E-state index contributed by atoms with van der Waals surface area (Å²) in [5, 5.41) is 15.7. The number of thiazole rings is 2. The van der Waals surface area contributed by atoms with Gasteiger partial charge in [0.15, 0.2) is 9.05 Å². The molecule has 4 bridgehead atoms. The number of anilines is 1. The Balaban J connectivity index is 0.000000138. The van der Waals surface area contributed by atoms with Gasteiger partial charge < -0.3 is 28.7 Å². The molecule has 6 unspecified atom stereocenters. The Morgan fingerprint density at radius 1 is 0.662 bits per heavy atom. The molecular formula is C56H51BrCl4N6O8S2. The molecular weight excluding hydrogens is 1170 g/mol. The van der Waals surface area contributed by atoms with Gasteiger partial charge in [0.25, 0.3) is 0 Å². The van der Waals surface area contributed by atoms with E-state index < -0.39 is 0 Å². The van der Waals surface area contributed by atoms with Gasteiger partial charge in [-0.15, -0.1) is 11.3 Å². The van der Waals surface area contributed by atoms with Gasteiger partial charge in [-0.1, -0.05) is 92.3 Å². The molecule has 6 fully saturated rings. The topological polar surface area (TPSA) is 180 Å². The van der Waals surface area contributed by atoms with Crippen molar-refractivity contribution >= 4 is 123 Å². The normalized spacial score (nSPS) is 21.6. The molecule has 8 aromatic rings. The van der Waals surface area contributed by atoms with Crippen LogP contribution >= 0.6 is 85.0 Å². The average molecular weight is 1220 g/mol. The minimum Gasteiger partial charge on any atom is -0.373 e. The van der Waals surface area contributed by atoms with Gasteiger partial charge in [0, 0.05) is 65.2 Å². The van der Waals surface area contributed by atoms with Crippen molar-refractivity contribution in [3.8, 4) is 22.5 Å². The number of ether oxygens (including phenoxy) is 2. The molecule has 4 aromatic heterocycles. The summed E-state index contributed by atoms with van der Waals surface area (Å²) in [7, 11) is 0.